The minimum atomic E-state index is -0.973. The van der Waals surface area contributed by atoms with Gasteiger partial charge in [0.05, 0.1) is 0 Å². The van der Waals surface area contributed by atoms with Crippen molar-refractivity contribution >= 4 is 11.6 Å². The van der Waals surface area contributed by atoms with Gasteiger partial charge in [0, 0.05) is 16.8 Å². The Labute approximate surface area is 116 Å². The summed E-state index contributed by atoms with van der Waals surface area (Å²) in [6.07, 6.45) is 0. The van der Waals surface area contributed by atoms with Crippen molar-refractivity contribution in [2.45, 2.75) is 20.8 Å². The van der Waals surface area contributed by atoms with Gasteiger partial charge < -0.3 is 5.32 Å². The molecule has 20 heavy (non-hydrogen) atoms. The van der Waals surface area contributed by atoms with Crippen LogP contribution in [-0.4, -0.2) is 5.91 Å². The lowest BCUT2D eigenvalue weighted by molar-refractivity contribution is 0.102. The molecule has 0 saturated carbocycles. The highest BCUT2D eigenvalue weighted by molar-refractivity contribution is 6.05. The SMILES string of the molecule is Cc1cccc(NC(=O)c2cc(C)c(F)c(F)c2C)c1. The number of amides is 1. The van der Waals surface area contributed by atoms with Gasteiger partial charge in [-0.05, 0) is 50.1 Å². The number of hydrogen-bond acceptors (Lipinski definition) is 1. The van der Waals surface area contributed by atoms with Gasteiger partial charge in [0.25, 0.3) is 5.91 Å². The number of aryl methyl sites for hydroxylation is 2. The van der Waals surface area contributed by atoms with Crippen LogP contribution in [0.4, 0.5) is 14.5 Å². The molecule has 1 amide bonds. The van der Waals surface area contributed by atoms with E-state index in [-0.39, 0.29) is 16.7 Å². The second-order valence-corrected chi connectivity index (χ2v) is 4.82. The average molecular weight is 275 g/mol. The highest BCUT2D eigenvalue weighted by Crippen LogP contribution is 2.21. The van der Waals surface area contributed by atoms with Crippen molar-refractivity contribution in [1.29, 1.82) is 0 Å². The highest BCUT2D eigenvalue weighted by Gasteiger charge is 2.18. The van der Waals surface area contributed by atoms with E-state index in [4.69, 9.17) is 0 Å². The Bertz CT molecular complexity index is 680. The molecular formula is C16H15F2NO. The van der Waals surface area contributed by atoms with Gasteiger partial charge in [0.1, 0.15) is 0 Å². The third-order valence-electron chi connectivity index (χ3n) is 3.15. The third-order valence-corrected chi connectivity index (χ3v) is 3.15. The number of nitrogens with one attached hydrogen (secondary N) is 1. The molecule has 2 aromatic rings. The Kier molecular flexibility index (Phi) is 3.84. The summed E-state index contributed by atoms with van der Waals surface area (Å²) in [4.78, 5) is 12.2. The molecule has 1 N–H and O–H groups in total. The predicted molar refractivity (Wildman–Crippen MR) is 75.0 cm³/mol. The summed E-state index contributed by atoms with van der Waals surface area (Å²) < 4.78 is 27.1. The Morgan fingerprint density at radius 1 is 1.05 bits per heavy atom. The summed E-state index contributed by atoms with van der Waals surface area (Å²) in [7, 11) is 0. The number of carbonyl (C=O) groups is 1. The fourth-order valence-electron chi connectivity index (χ4n) is 2.00. The zero-order valence-electron chi connectivity index (χ0n) is 11.6. The predicted octanol–water partition coefficient (Wildman–Crippen LogP) is 4.14. The van der Waals surface area contributed by atoms with Gasteiger partial charge in [0.15, 0.2) is 11.6 Å². The molecule has 0 bridgehead atoms. The van der Waals surface area contributed by atoms with Crippen LogP contribution < -0.4 is 5.32 Å². The maximum atomic E-state index is 13.7. The number of anilines is 1. The largest absolute Gasteiger partial charge is 0.322 e. The van der Waals surface area contributed by atoms with Crippen molar-refractivity contribution in [3.8, 4) is 0 Å². The minimum Gasteiger partial charge on any atom is -0.322 e. The van der Waals surface area contributed by atoms with E-state index >= 15 is 0 Å². The van der Waals surface area contributed by atoms with Crippen LogP contribution in [0.2, 0.25) is 0 Å². The van der Waals surface area contributed by atoms with Gasteiger partial charge >= 0.3 is 0 Å². The molecule has 0 atom stereocenters. The normalized spacial score (nSPS) is 10.4. The van der Waals surface area contributed by atoms with Crippen LogP contribution in [0.1, 0.15) is 27.0 Å². The number of hydrogen-bond donors (Lipinski definition) is 1. The lowest BCUT2D eigenvalue weighted by Crippen LogP contribution is -2.15. The van der Waals surface area contributed by atoms with Gasteiger partial charge in [0.2, 0.25) is 0 Å². The minimum absolute atomic E-state index is 0.0123. The quantitative estimate of drug-likeness (QED) is 0.876. The Morgan fingerprint density at radius 2 is 1.75 bits per heavy atom. The van der Waals surface area contributed by atoms with Crippen molar-refractivity contribution in [3.63, 3.8) is 0 Å². The van der Waals surface area contributed by atoms with Gasteiger partial charge in [-0.3, -0.25) is 4.79 Å². The van der Waals surface area contributed by atoms with Crippen LogP contribution in [0.25, 0.3) is 0 Å². The maximum Gasteiger partial charge on any atom is 0.256 e. The molecule has 0 unspecified atom stereocenters. The summed E-state index contributed by atoms with van der Waals surface area (Å²) in [6, 6.07) is 8.63. The lowest BCUT2D eigenvalue weighted by Gasteiger charge is -2.11. The van der Waals surface area contributed by atoms with Crippen molar-refractivity contribution in [1.82, 2.24) is 0 Å². The molecule has 0 spiro atoms. The summed E-state index contributed by atoms with van der Waals surface area (Å²) in [5, 5.41) is 2.69. The average Bonchev–Trinajstić information content (AvgIpc) is 2.40. The molecule has 0 saturated heterocycles. The van der Waals surface area contributed by atoms with Gasteiger partial charge in [-0.1, -0.05) is 12.1 Å². The second-order valence-electron chi connectivity index (χ2n) is 4.82. The zero-order valence-corrected chi connectivity index (χ0v) is 11.6. The van der Waals surface area contributed by atoms with E-state index in [1.807, 2.05) is 19.1 Å². The standard InChI is InChI=1S/C16H15F2NO/c1-9-5-4-6-12(7-9)19-16(20)13-8-10(2)14(17)15(18)11(13)3/h4-8H,1-3H3,(H,19,20). The van der Waals surface area contributed by atoms with Crippen LogP contribution in [-0.2, 0) is 0 Å². The summed E-state index contributed by atoms with van der Waals surface area (Å²) >= 11 is 0. The first-order valence-corrected chi connectivity index (χ1v) is 6.23. The molecule has 0 aromatic heterocycles. The van der Waals surface area contributed by atoms with Crippen molar-refractivity contribution < 1.29 is 13.6 Å². The molecule has 104 valence electrons. The second kappa shape index (κ2) is 5.41. The number of benzene rings is 2. The Balaban J connectivity index is 2.35. The summed E-state index contributed by atoms with van der Waals surface area (Å²) in [5.74, 6) is -2.33. The van der Waals surface area contributed by atoms with Crippen LogP contribution in [0.3, 0.4) is 0 Å². The highest BCUT2D eigenvalue weighted by atomic mass is 19.2. The first-order valence-electron chi connectivity index (χ1n) is 6.23. The first-order chi connectivity index (χ1) is 9.40. The topological polar surface area (TPSA) is 29.1 Å². The molecule has 2 rings (SSSR count). The molecule has 0 fully saturated rings. The van der Waals surface area contributed by atoms with Crippen LogP contribution in [0.5, 0.6) is 0 Å². The van der Waals surface area contributed by atoms with Crippen LogP contribution in [0.15, 0.2) is 30.3 Å². The van der Waals surface area contributed by atoms with Crippen LogP contribution >= 0.6 is 0 Å². The Morgan fingerprint density at radius 3 is 2.40 bits per heavy atom. The molecule has 0 radical (unpaired) electrons. The van der Waals surface area contributed by atoms with Gasteiger partial charge in [-0.25, -0.2) is 8.78 Å². The fourth-order valence-corrected chi connectivity index (χ4v) is 2.00. The number of halogens is 2. The summed E-state index contributed by atoms with van der Waals surface area (Å²) in [6.45, 7) is 4.73. The van der Waals surface area contributed by atoms with E-state index in [0.29, 0.717) is 5.69 Å². The van der Waals surface area contributed by atoms with E-state index in [1.165, 1.54) is 19.9 Å². The molecular weight excluding hydrogens is 260 g/mol. The van der Waals surface area contributed by atoms with E-state index in [0.717, 1.165) is 5.56 Å². The van der Waals surface area contributed by atoms with E-state index in [2.05, 4.69) is 5.32 Å². The van der Waals surface area contributed by atoms with Crippen LogP contribution in [0, 0.1) is 32.4 Å². The molecule has 0 aliphatic carbocycles. The van der Waals surface area contributed by atoms with Crippen molar-refractivity contribution in [3.05, 3.63) is 64.2 Å². The van der Waals surface area contributed by atoms with Crippen molar-refractivity contribution in [2.75, 3.05) is 5.32 Å². The van der Waals surface area contributed by atoms with Gasteiger partial charge in [-0.2, -0.15) is 0 Å². The molecule has 0 aliphatic rings. The first kappa shape index (κ1) is 14.2. The molecule has 0 heterocycles. The van der Waals surface area contributed by atoms with E-state index in [9.17, 15) is 13.6 Å². The van der Waals surface area contributed by atoms with Crippen molar-refractivity contribution in [2.24, 2.45) is 0 Å². The zero-order chi connectivity index (χ0) is 14.9. The van der Waals surface area contributed by atoms with Gasteiger partial charge in [-0.15, -0.1) is 0 Å². The molecule has 0 aliphatic heterocycles. The monoisotopic (exact) mass is 275 g/mol. The third kappa shape index (κ3) is 2.69. The smallest absolute Gasteiger partial charge is 0.256 e. The lowest BCUT2D eigenvalue weighted by atomic mass is 10.0. The molecule has 2 nitrogen and oxygen atoms in total. The summed E-state index contributed by atoms with van der Waals surface area (Å²) in [5.41, 5.74) is 1.89. The molecule has 2 aromatic carbocycles. The van der Waals surface area contributed by atoms with E-state index in [1.54, 1.807) is 12.1 Å². The number of carbonyl (C=O) groups excluding carboxylic acids is 1. The Hall–Kier alpha value is -2.23. The fraction of sp³-hybridized carbons (Fsp3) is 0.188. The number of rotatable bonds is 2. The molecule has 4 heteroatoms. The maximum absolute atomic E-state index is 13.7. The van der Waals surface area contributed by atoms with E-state index < -0.39 is 17.5 Å².